The highest BCUT2D eigenvalue weighted by atomic mass is 127. The van der Waals surface area contributed by atoms with Gasteiger partial charge in [-0.25, -0.2) is 0 Å². The predicted molar refractivity (Wildman–Crippen MR) is 103 cm³/mol. The molecule has 0 radical (unpaired) electrons. The lowest BCUT2D eigenvalue weighted by atomic mass is 9.72. The number of hydrogen-bond acceptors (Lipinski definition) is 3. The summed E-state index contributed by atoms with van der Waals surface area (Å²) in [6.45, 7) is 0. The minimum atomic E-state index is -0.796. The van der Waals surface area contributed by atoms with Crippen molar-refractivity contribution >= 4 is 22.7 Å². The van der Waals surface area contributed by atoms with Gasteiger partial charge in [0, 0.05) is 22.6 Å². The lowest BCUT2D eigenvalue weighted by Gasteiger charge is -2.54. The molecule has 1 N–H and O–H groups in total. The minimum absolute atomic E-state index is 0. The summed E-state index contributed by atoms with van der Waals surface area (Å²) in [5.74, 6) is 0.626. The number of aliphatic hydroxyl groups is 1. The molecule has 2 nitrogen and oxygen atoms in total. The van der Waals surface area contributed by atoms with Crippen LogP contribution in [0.5, 0.6) is 0 Å². The van der Waals surface area contributed by atoms with Crippen molar-refractivity contribution < 1.29 is 33.6 Å². The average molecular weight is 489 g/mol. The van der Waals surface area contributed by atoms with Crippen LogP contribution in [0, 0.1) is 5.92 Å². The molecule has 25 heavy (non-hydrogen) atoms. The number of piperidine rings is 2. The number of thiophene rings is 2. The SMILES string of the molecule is C[N+]1(C)[C@@H]2CCC[C@H]1C[C@@H](CC(O)(c1cccs1)c1cccs1)C2.[I-]. The quantitative estimate of drug-likeness (QED) is 0.514. The molecule has 0 amide bonds. The zero-order valence-electron chi connectivity index (χ0n) is 15.0. The van der Waals surface area contributed by atoms with Gasteiger partial charge in [0.1, 0.15) is 5.60 Å². The molecule has 3 atom stereocenters. The van der Waals surface area contributed by atoms with Crippen molar-refractivity contribution in [1.29, 1.82) is 0 Å². The van der Waals surface area contributed by atoms with E-state index in [2.05, 4.69) is 49.1 Å². The number of fused-ring (bicyclic) bond motifs is 2. The summed E-state index contributed by atoms with van der Waals surface area (Å²) in [5, 5.41) is 15.9. The van der Waals surface area contributed by atoms with Crippen LogP contribution in [0.25, 0.3) is 0 Å². The molecular formula is C20H28INOS2. The highest BCUT2D eigenvalue weighted by Gasteiger charge is 2.48. The Hall–Kier alpha value is 0.0500. The van der Waals surface area contributed by atoms with Crippen LogP contribution in [0.2, 0.25) is 0 Å². The van der Waals surface area contributed by atoms with E-state index in [1.165, 1.54) is 36.6 Å². The molecule has 5 heteroatoms. The van der Waals surface area contributed by atoms with Gasteiger partial charge >= 0.3 is 0 Å². The van der Waals surface area contributed by atoms with E-state index in [0.29, 0.717) is 5.92 Å². The van der Waals surface area contributed by atoms with Crippen LogP contribution >= 0.6 is 22.7 Å². The molecule has 2 fully saturated rings. The van der Waals surface area contributed by atoms with E-state index in [1.807, 2.05) is 0 Å². The molecule has 0 aromatic carbocycles. The van der Waals surface area contributed by atoms with E-state index in [4.69, 9.17) is 0 Å². The molecule has 0 aliphatic carbocycles. The van der Waals surface area contributed by atoms with Crippen LogP contribution < -0.4 is 24.0 Å². The molecule has 2 bridgehead atoms. The predicted octanol–water partition coefficient (Wildman–Crippen LogP) is 1.85. The van der Waals surface area contributed by atoms with Gasteiger partial charge in [0.2, 0.25) is 0 Å². The summed E-state index contributed by atoms with van der Waals surface area (Å²) < 4.78 is 1.20. The van der Waals surface area contributed by atoms with Gasteiger partial charge in [0.05, 0.1) is 26.2 Å². The Bertz CT molecular complexity index is 618. The van der Waals surface area contributed by atoms with Crippen LogP contribution in [-0.4, -0.2) is 35.8 Å². The van der Waals surface area contributed by atoms with Gasteiger partial charge < -0.3 is 33.6 Å². The largest absolute Gasteiger partial charge is 1.00 e. The van der Waals surface area contributed by atoms with Gasteiger partial charge in [-0.2, -0.15) is 0 Å². The third kappa shape index (κ3) is 3.59. The minimum Gasteiger partial charge on any atom is -1.00 e. The van der Waals surface area contributed by atoms with E-state index in [-0.39, 0.29) is 24.0 Å². The lowest BCUT2D eigenvalue weighted by Crippen LogP contribution is -3.00. The number of rotatable bonds is 4. The molecule has 0 unspecified atom stereocenters. The third-order valence-electron chi connectivity index (χ3n) is 6.61. The first kappa shape index (κ1) is 19.8. The Morgan fingerprint density at radius 3 is 2.00 bits per heavy atom. The summed E-state index contributed by atoms with van der Waals surface area (Å²) in [5.41, 5.74) is -0.796. The Kier molecular flexibility index (Phi) is 6.01. The Labute approximate surface area is 176 Å². The van der Waals surface area contributed by atoms with Gasteiger partial charge in [0.15, 0.2) is 0 Å². The topological polar surface area (TPSA) is 20.2 Å². The number of quaternary nitrogens is 1. The molecule has 4 heterocycles. The second-order valence-electron chi connectivity index (χ2n) is 8.22. The fourth-order valence-corrected chi connectivity index (χ4v) is 6.90. The lowest BCUT2D eigenvalue weighted by molar-refractivity contribution is -0.950. The van der Waals surface area contributed by atoms with Gasteiger partial charge in [-0.05, 0) is 54.5 Å². The molecule has 2 aliphatic heterocycles. The molecule has 2 aromatic rings. The second kappa shape index (κ2) is 7.58. The number of nitrogens with zero attached hydrogens (tertiary/aromatic N) is 1. The second-order valence-corrected chi connectivity index (χ2v) is 10.1. The zero-order valence-corrected chi connectivity index (χ0v) is 18.8. The molecule has 138 valence electrons. The summed E-state index contributed by atoms with van der Waals surface area (Å²) in [7, 11) is 4.85. The Balaban J connectivity index is 0.00000182. The van der Waals surface area contributed by atoms with E-state index in [0.717, 1.165) is 28.3 Å². The fourth-order valence-electron chi connectivity index (χ4n) is 5.13. The molecular weight excluding hydrogens is 461 g/mol. The standard InChI is InChI=1S/C20H28NOS2.HI/c1-21(2)16-6-3-7-17(21)13-15(12-16)14-20(22,18-8-4-10-23-18)19-9-5-11-24-19;/h4-5,8-11,15-17,22H,3,6-7,12-14H2,1-2H3;1H/q+1;/p-1/t15-,16+,17-;. The van der Waals surface area contributed by atoms with E-state index in [1.54, 1.807) is 22.7 Å². The van der Waals surface area contributed by atoms with Crippen molar-refractivity contribution in [1.82, 2.24) is 0 Å². The van der Waals surface area contributed by atoms with Crippen LogP contribution in [0.4, 0.5) is 0 Å². The summed E-state index contributed by atoms with van der Waals surface area (Å²) >= 11 is 3.38. The first-order valence-corrected chi connectivity index (χ1v) is 10.9. The van der Waals surface area contributed by atoms with Crippen molar-refractivity contribution in [2.75, 3.05) is 14.1 Å². The van der Waals surface area contributed by atoms with E-state index >= 15 is 0 Å². The molecule has 0 spiro atoms. The average Bonchev–Trinajstić information content (AvgIpc) is 3.22. The normalized spacial score (nSPS) is 28.4. The maximum atomic E-state index is 11.7. The maximum absolute atomic E-state index is 11.7. The van der Waals surface area contributed by atoms with Crippen molar-refractivity contribution in [3.05, 3.63) is 44.8 Å². The van der Waals surface area contributed by atoms with E-state index in [9.17, 15) is 5.11 Å². The summed E-state index contributed by atoms with van der Waals surface area (Å²) in [6, 6.07) is 9.89. The van der Waals surface area contributed by atoms with Gasteiger partial charge in [0.25, 0.3) is 0 Å². The van der Waals surface area contributed by atoms with Gasteiger partial charge in [-0.1, -0.05) is 12.1 Å². The smallest absolute Gasteiger partial charge is 0.133 e. The molecule has 2 aromatic heterocycles. The van der Waals surface area contributed by atoms with Crippen molar-refractivity contribution in [2.24, 2.45) is 5.92 Å². The number of halogens is 1. The van der Waals surface area contributed by atoms with E-state index < -0.39 is 5.60 Å². The highest BCUT2D eigenvalue weighted by molar-refractivity contribution is 7.11. The first-order chi connectivity index (χ1) is 11.5. The van der Waals surface area contributed by atoms with Crippen LogP contribution in [0.3, 0.4) is 0 Å². The van der Waals surface area contributed by atoms with Crippen LogP contribution in [-0.2, 0) is 5.60 Å². The fraction of sp³-hybridized carbons (Fsp3) is 0.600. The molecule has 0 saturated carbocycles. The van der Waals surface area contributed by atoms with Crippen LogP contribution in [0.15, 0.2) is 35.0 Å². The zero-order chi connectivity index (χ0) is 16.8. The third-order valence-corrected chi connectivity index (χ3v) is 8.65. The molecule has 4 rings (SSSR count). The monoisotopic (exact) mass is 489 g/mol. The first-order valence-electron chi connectivity index (χ1n) is 9.14. The van der Waals surface area contributed by atoms with Crippen molar-refractivity contribution in [3.63, 3.8) is 0 Å². The van der Waals surface area contributed by atoms with Gasteiger partial charge in [-0.3, -0.25) is 0 Å². The molecule has 2 aliphatic rings. The summed E-state index contributed by atoms with van der Waals surface area (Å²) in [4.78, 5) is 2.21. The maximum Gasteiger partial charge on any atom is 0.133 e. The van der Waals surface area contributed by atoms with Crippen molar-refractivity contribution in [3.8, 4) is 0 Å². The molecule has 2 saturated heterocycles. The number of hydrogen-bond donors (Lipinski definition) is 1. The van der Waals surface area contributed by atoms with Crippen molar-refractivity contribution in [2.45, 2.75) is 56.2 Å². The Morgan fingerprint density at radius 1 is 1.04 bits per heavy atom. The van der Waals surface area contributed by atoms with Crippen LogP contribution in [0.1, 0.15) is 48.3 Å². The Morgan fingerprint density at radius 2 is 1.56 bits per heavy atom. The highest BCUT2D eigenvalue weighted by Crippen LogP contribution is 2.47. The van der Waals surface area contributed by atoms with Gasteiger partial charge in [-0.15, -0.1) is 22.7 Å². The summed E-state index contributed by atoms with van der Waals surface area (Å²) in [6.07, 6.45) is 7.52.